The van der Waals surface area contributed by atoms with Crippen LogP contribution in [0.5, 0.6) is 0 Å². The lowest BCUT2D eigenvalue weighted by Crippen LogP contribution is -2.02. The Kier molecular flexibility index (Phi) is 1.31. The smallest absolute Gasteiger partial charge is 0.0487 e. The van der Waals surface area contributed by atoms with Crippen LogP contribution in [0.2, 0.25) is 0 Å². The first-order chi connectivity index (χ1) is 3.73. The van der Waals surface area contributed by atoms with E-state index in [0.717, 1.165) is 5.92 Å². The highest BCUT2D eigenvalue weighted by atomic mass is 16.3. The van der Waals surface area contributed by atoms with Gasteiger partial charge in [0.1, 0.15) is 0 Å². The van der Waals surface area contributed by atoms with Crippen LogP contribution < -0.4 is 0 Å². The van der Waals surface area contributed by atoms with Crippen molar-refractivity contribution in [2.24, 2.45) is 11.3 Å². The van der Waals surface area contributed by atoms with Gasteiger partial charge in [-0.05, 0) is 17.8 Å². The normalized spacial score (nSPS) is 44.6. The second kappa shape index (κ2) is 1.73. The van der Waals surface area contributed by atoms with Crippen LogP contribution in [0.3, 0.4) is 0 Å². The number of aliphatic hydroxyl groups excluding tert-OH is 1. The Bertz CT molecular complexity index is 90.4. The van der Waals surface area contributed by atoms with E-state index in [-0.39, 0.29) is 0 Å². The fourth-order valence-corrected chi connectivity index (χ4v) is 1.33. The Hall–Kier alpha value is -0.0400. The molecule has 0 aromatic rings. The van der Waals surface area contributed by atoms with Gasteiger partial charge in [-0.25, -0.2) is 0 Å². The van der Waals surface area contributed by atoms with Gasteiger partial charge in [-0.3, -0.25) is 0 Å². The number of rotatable bonds is 2. The predicted octanol–water partition coefficient (Wildman–Crippen LogP) is 1.41. The van der Waals surface area contributed by atoms with Crippen LogP contribution in [0.25, 0.3) is 0 Å². The molecule has 1 nitrogen and oxygen atoms in total. The van der Waals surface area contributed by atoms with Crippen molar-refractivity contribution in [3.8, 4) is 0 Å². The molecule has 0 radical (unpaired) electrons. The topological polar surface area (TPSA) is 20.2 Å². The summed E-state index contributed by atoms with van der Waals surface area (Å²) in [6.07, 6.45) is 2.47. The predicted molar refractivity (Wildman–Crippen MR) is 33.6 cm³/mol. The van der Waals surface area contributed by atoms with Gasteiger partial charge >= 0.3 is 0 Å². The highest BCUT2D eigenvalue weighted by Gasteiger charge is 2.47. The van der Waals surface area contributed by atoms with Crippen molar-refractivity contribution in [3.63, 3.8) is 0 Å². The Labute approximate surface area is 50.7 Å². The standard InChI is InChI=1S/C7H14O/c1-3-6-4-7(6,2)5-8/h6,8H,3-5H2,1-2H3/t6-,7+/m0/s1. The zero-order chi connectivity index (χ0) is 6.20. The van der Waals surface area contributed by atoms with Crippen molar-refractivity contribution in [1.82, 2.24) is 0 Å². The van der Waals surface area contributed by atoms with E-state index in [1.54, 1.807) is 0 Å². The molecular weight excluding hydrogens is 100 g/mol. The summed E-state index contributed by atoms with van der Waals surface area (Å²) >= 11 is 0. The third-order valence-corrected chi connectivity index (χ3v) is 2.39. The molecule has 1 heteroatoms. The average Bonchev–Trinajstić information content (AvgIpc) is 2.44. The molecule has 1 aliphatic rings. The van der Waals surface area contributed by atoms with Crippen LogP contribution in [0, 0.1) is 11.3 Å². The lowest BCUT2D eigenvalue weighted by Gasteiger charge is -2.02. The van der Waals surface area contributed by atoms with Gasteiger partial charge in [0.15, 0.2) is 0 Å². The Morgan fingerprint density at radius 1 is 1.75 bits per heavy atom. The van der Waals surface area contributed by atoms with E-state index < -0.39 is 0 Å². The van der Waals surface area contributed by atoms with E-state index in [4.69, 9.17) is 5.11 Å². The molecule has 1 saturated carbocycles. The molecule has 0 aromatic heterocycles. The second-order valence-corrected chi connectivity index (χ2v) is 3.12. The molecule has 0 saturated heterocycles. The summed E-state index contributed by atoms with van der Waals surface area (Å²) in [4.78, 5) is 0. The highest BCUT2D eigenvalue weighted by Crippen LogP contribution is 2.53. The largest absolute Gasteiger partial charge is 0.396 e. The third kappa shape index (κ3) is 0.752. The molecule has 0 unspecified atom stereocenters. The lowest BCUT2D eigenvalue weighted by molar-refractivity contribution is 0.211. The van der Waals surface area contributed by atoms with Gasteiger partial charge in [-0.15, -0.1) is 0 Å². The molecule has 1 N–H and O–H groups in total. The van der Waals surface area contributed by atoms with E-state index >= 15 is 0 Å². The quantitative estimate of drug-likeness (QED) is 0.575. The van der Waals surface area contributed by atoms with Crippen LogP contribution >= 0.6 is 0 Å². The molecule has 8 heavy (non-hydrogen) atoms. The Morgan fingerprint density at radius 2 is 2.38 bits per heavy atom. The fourth-order valence-electron chi connectivity index (χ4n) is 1.33. The van der Waals surface area contributed by atoms with Crippen molar-refractivity contribution in [1.29, 1.82) is 0 Å². The molecular formula is C7H14O. The number of hydrogen-bond donors (Lipinski definition) is 1. The van der Waals surface area contributed by atoms with Gasteiger partial charge in [0.25, 0.3) is 0 Å². The van der Waals surface area contributed by atoms with Gasteiger partial charge in [0.05, 0.1) is 0 Å². The van der Waals surface area contributed by atoms with Crippen molar-refractivity contribution in [2.45, 2.75) is 26.7 Å². The van der Waals surface area contributed by atoms with E-state index in [2.05, 4.69) is 13.8 Å². The number of aliphatic hydroxyl groups is 1. The first-order valence-electron chi connectivity index (χ1n) is 3.34. The third-order valence-electron chi connectivity index (χ3n) is 2.39. The maximum absolute atomic E-state index is 8.77. The van der Waals surface area contributed by atoms with Gasteiger partial charge in [-0.1, -0.05) is 20.3 Å². The molecule has 0 aliphatic heterocycles. The van der Waals surface area contributed by atoms with E-state index in [1.165, 1.54) is 12.8 Å². The van der Waals surface area contributed by atoms with E-state index in [9.17, 15) is 0 Å². The second-order valence-electron chi connectivity index (χ2n) is 3.12. The average molecular weight is 114 g/mol. The maximum atomic E-state index is 8.77. The molecule has 48 valence electrons. The van der Waals surface area contributed by atoms with Crippen molar-refractivity contribution in [3.05, 3.63) is 0 Å². The molecule has 2 atom stereocenters. The molecule has 1 aliphatic carbocycles. The van der Waals surface area contributed by atoms with Gasteiger partial charge in [-0.2, -0.15) is 0 Å². The number of hydrogen-bond acceptors (Lipinski definition) is 1. The molecule has 0 heterocycles. The summed E-state index contributed by atoms with van der Waals surface area (Å²) in [6.45, 7) is 4.72. The molecule has 0 amide bonds. The summed E-state index contributed by atoms with van der Waals surface area (Å²) in [5.74, 6) is 0.812. The zero-order valence-corrected chi connectivity index (χ0v) is 5.65. The summed E-state index contributed by atoms with van der Waals surface area (Å²) < 4.78 is 0. The molecule has 1 rings (SSSR count). The van der Waals surface area contributed by atoms with Crippen molar-refractivity contribution < 1.29 is 5.11 Å². The molecule has 0 bridgehead atoms. The summed E-state index contributed by atoms with van der Waals surface area (Å²) in [6, 6.07) is 0. The highest BCUT2D eigenvalue weighted by molar-refractivity contribution is 4.97. The molecule has 0 aromatic carbocycles. The minimum atomic E-state index is 0.314. The van der Waals surface area contributed by atoms with Crippen LogP contribution in [0.4, 0.5) is 0 Å². The van der Waals surface area contributed by atoms with Crippen LogP contribution in [0.1, 0.15) is 26.7 Å². The van der Waals surface area contributed by atoms with Gasteiger partial charge in [0, 0.05) is 6.61 Å². The Morgan fingerprint density at radius 3 is 2.50 bits per heavy atom. The van der Waals surface area contributed by atoms with E-state index in [1.807, 2.05) is 0 Å². The zero-order valence-electron chi connectivity index (χ0n) is 5.65. The van der Waals surface area contributed by atoms with Crippen molar-refractivity contribution in [2.75, 3.05) is 6.61 Å². The Balaban J connectivity index is 2.31. The van der Waals surface area contributed by atoms with Crippen LogP contribution in [-0.2, 0) is 0 Å². The minimum absolute atomic E-state index is 0.314. The summed E-state index contributed by atoms with van der Waals surface area (Å²) in [7, 11) is 0. The first-order valence-corrected chi connectivity index (χ1v) is 3.34. The van der Waals surface area contributed by atoms with Gasteiger partial charge < -0.3 is 5.11 Å². The van der Waals surface area contributed by atoms with Crippen LogP contribution in [0.15, 0.2) is 0 Å². The van der Waals surface area contributed by atoms with Crippen LogP contribution in [-0.4, -0.2) is 11.7 Å². The monoisotopic (exact) mass is 114 g/mol. The van der Waals surface area contributed by atoms with Crippen molar-refractivity contribution >= 4 is 0 Å². The first kappa shape index (κ1) is 6.09. The molecule has 1 fully saturated rings. The summed E-state index contributed by atoms with van der Waals surface area (Å²) in [5, 5.41) is 8.77. The van der Waals surface area contributed by atoms with Gasteiger partial charge in [0.2, 0.25) is 0 Å². The van der Waals surface area contributed by atoms with E-state index in [0.29, 0.717) is 12.0 Å². The summed E-state index contributed by atoms with van der Waals surface area (Å²) in [5.41, 5.74) is 0.314. The molecule has 0 spiro atoms. The lowest BCUT2D eigenvalue weighted by atomic mass is 10.1. The SMILES string of the molecule is CC[C@H]1C[C@]1(C)CO. The fraction of sp³-hybridized carbons (Fsp3) is 1.00. The maximum Gasteiger partial charge on any atom is 0.0487 e. The minimum Gasteiger partial charge on any atom is -0.396 e.